The van der Waals surface area contributed by atoms with E-state index in [1.54, 1.807) is 0 Å². The van der Waals surface area contributed by atoms with E-state index >= 15 is 0 Å². The molecule has 12 heavy (non-hydrogen) atoms. The number of amides is 1. The van der Waals surface area contributed by atoms with Crippen LogP contribution >= 0.6 is 0 Å². The summed E-state index contributed by atoms with van der Waals surface area (Å²) in [6, 6.07) is -0.412. The molecule has 1 fully saturated rings. The third kappa shape index (κ3) is 2.18. The molecule has 1 aliphatic heterocycles. The van der Waals surface area contributed by atoms with E-state index in [9.17, 15) is 13.2 Å². The Balaban J connectivity index is 2.32. The van der Waals surface area contributed by atoms with E-state index in [1.807, 2.05) is 0 Å². The van der Waals surface area contributed by atoms with Crippen molar-refractivity contribution in [3.8, 4) is 0 Å². The van der Waals surface area contributed by atoms with Gasteiger partial charge in [0.05, 0.1) is 5.75 Å². The summed E-state index contributed by atoms with van der Waals surface area (Å²) >= 11 is 0. The third-order valence-electron chi connectivity index (χ3n) is 1.78. The minimum atomic E-state index is -2.97. The first-order valence-corrected chi connectivity index (χ1v) is 5.68. The summed E-state index contributed by atoms with van der Waals surface area (Å²) in [5.74, 6) is -0.135. The normalized spacial score (nSPS) is 24.0. The number of hydrogen-bond donors (Lipinski definition) is 1. The van der Waals surface area contributed by atoms with E-state index in [0.717, 1.165) is 6.26 Å². The van der Waals surface area contributed by atoms with Gasteiger partial charge < -0.3 is 10.6 Å². The van der Waals surface area contributed by atoms with Gasteiger partial charge in [-0.2, -0.15) is 0 Å². The van der Waals surface area contributed by atoms with Crippen molar-refractivity contribution in [1.29, 1.82) is 0 Å². The second-order valence-corrected chi connectivity index (χ2v) is 5.28. The van der Waals surface area contributed by atoms with E-state index in [2.05, 4.69) is 0 Å². The van der Waals surface area contributed by atoms with Crippen molar-refractivity contribution in [3.63, 3.8) is 0 Å². The monoisotopic (exact) mass is 192 g/mol. The van der Waals surface area contributed by atoms with Gasteiger partial charge in [0.2, 0.25) is 5.91 Å². The molecule has 1 amide bonds. The molecule has 6 heteroatoms. The van der Waals surface area contributed by atoms with Gasteiger partial charge in [0, 0.05) is 19.3 Å². The van der Waals surface area contributed by atoms with Crippen LogP contribution in [0.5, 0.6) is 0 Å². The molecule has 1 rings (SSSR count). The van der Waals surface area contributed by atoms with Crippen LogP contribution in [0.25, 0.3) is 0 Å². The molecule has 2 N–H and O–H groups in total. The molecular formula is C6H12N2O3S. The van der Waals surface area contributed by atoms with E-state index in [-0.39, 0.29) is 18.2 Å². The van der Waals surface area contributed by atoms with Crippen LogP contribution in [0.3, 0.4) is 0 Å². The number of hydrogen-bond acceptors (Lipinski definition) is 4. The molecule has 0 aromatic heterocycles. The number of β-lactam (4-membered cyclic amide) rings is 1. The van der Waals surface area contributed by atoms with E-state index in [0.29, 0.717) is 6.54 Å². The Labute approximate surface area is 71.4 Å². The summed E-state index contributed by atoms with van der Waals surface area (Å²) in [5, 5.41) is 0. The van der Waals surface area contributed by atoms with Gasteiger partial charge in [0.25, 0.3) is 0 Å². The number of carbonyl (C=O) groups is 1. The molecule has 1 heterocycles. The number of rotatable bonds is 3. The molecule has 0 saturated carbocycles. The van der Waals surface area contributed by atoms with E-state index in [1.165, 1.54) is 4.90 Å². The number of carbonyl (C=O) groups excluding carboxylic acids is 1. The molecule has 1 aliphatic rings. The molecule has 1 unspecified atom stereocenters. The van der Waals surface area contributed by atoms with Gasteiger partial charge >= 0.3 is 0 Å². The second kappa shape index (κ2) is 3.02. The van der Waals surface area contributed by atoms with Crippen molar-refractivity contribution in [3.05, 3.63) is 0 Å². The summed E-state index contributed by atoms with van der Waals surface area (Å²) in [4.78, 5) is 12.3. The fraction of sp³-hybridized carbons (Fsp3) is 0.833. The lowest BCUT2D eigenvalue weighted by atomic mass is 10.1. The number of nitrogens with two attached hydrogens (primary N) is 1. The predicted molar refractivity (Wildman–Crippen MR) is 44.3 cm³/mol. The van der Waals surface area contributed by atoms with Crippen LogP contribution in [-0.4, -0.2) is 50.4 Å². The Bertz CT molecular complexity index is 285. The van der Waals surface area contributed by atoms with Crippen LogP contribution in [0.2, 0.25) is 0 Å². The Kier molecular flexibility index (Phi) is 2.39. The van der Waals surface area contributed by atoms with Crippen LogP contribution in [0.4, 0.5) is 0 Å². The highest BCUT2D eigenvalue weighted by molar-refractivity contribution is 7.90. The topological polar surface area (TPSA) is 80.5 Å². The van der Waals surface area contributed by atoms with Crippen molar-refractivity contribution in [2.45, 2.75) is 6.04 Å². The summed E-state index contributed by atoms with van der Waals surface area (Å²) in [6.45, 7) is 0.750. The molecule has 5 nitrogen and oxygen atoms in total. The van der Waals surface area contributed by atoms with E-state index < -0.39 is 15.9 Å². The zero-order chi connectivity index (χ0) is 9.35. The highest BCUT2D eigenvalue weighted by atomic mass is 32.2. The Morgan fingerprint density at radius 3 is 2.58 bits per heavy atom. The van der Waals surface area contributed by atoms with E-state index in [4.69, 9.17) is 5.73 Å². The van der Waals surface area contributed by atoms with Gasteiger partial charge in [-0.15, -0.1) is 0 Å². The largest absolute Gasteiger partial charge is 0.338 e. The molecule has 0 aromatic carbocycles. The molecule has 1 atom stereocenters. The molecule has 0 spiro atoms. The maximum atomic E-state index is 10.9. The highest BCUT2D eigenvalue weighted by Crippen LogP contribution is 2.06. The van der Waals surface area contributed by atoms with Crippen LogP contribution < -0.4 is 5.73 Å². The first-order chi connectivity index (χ1) is 5.40. The van der Waals surface area contributed by atoms with Crippen LogP contribution in [0.15, 0.2) is 0 Å². The molecule has 0 bridgehead atoms. The lowest BCUT2D eigenvalue weighted by Crippen LogP contribution is -2.61. The van der Waals surface area contributed by atoms with Crippen molar-refractivity contribution < 1.29 is 13.2 Å². The fourth-order valence-electron chi connectivity index (χ4n) is 1.01. The molecule has 0 radical (unpaired) electrons. The Hall–Kier alpha value is -0.620. The second-order valence-electron chi connectivity index (χ2n) is 3.02. The van der Waals surface area contributed by atoms with Gasteiger partial charge in [-0.25, -0.2) is 8.42 Å². The van der Waals surface area contributed by atoms with Crippen LogP contribution in [0, 0.1) is 0 Å². The van der Waals surface area contributed by atoms with Crippen LogP contribution in [-0.2, 0) is 14.6 Å². The highest BCUT2D eigenvalue weighted by Gasteiger charge is 2.33. The average Bonchev–Trinajstić information content (AvgIpc) is 1.95. The van der Waals surface area contributed by atoms with Gasteiger partial charge in [-0.1, -0.05) is 0 Å². The smallest absolute Gasteiger partial charge is 0.241 e. The Morgan fingerprint density at radius 2 is 2.25 bits per heavy atom. The molecule has 1 saturated heterocycles. The van der Waals surface area contributed by atoms with Gasteiger partial charge in [-0.05, 0) is 0 Å². The van der Waals surface area contributed by atoms with Crippen molar-refractivity contribution in [1.82, 2.24) is 4.90 Å². The number of likely N-dealkylation sites (tertiary alicyclic amines) is 1. The molecular weight excluding hydrogens is 180 g/mol. The number of sulfone groups is 1. The maximum absolute atomic E-state index is 10.9. The summed E-state index contributed by atoms with van der Waals surface area (Å²) in [5.41, 5.74) is 5.31. The SMILES string of the molecule is CS(=O)(=O)CCN1CC(N)C1=O. The molecule has 70 valence electrons. The van der Waals surface area contributed by atoms with Crippen molar-refractivity contribution in [2.75, 3.05) is 25.1 Å². The van der Waals surface area contributed by atoms with Crippen LogP contribution in [0.1, 0.15) is 0 Å². The zero-order valence-corrected chi connectivity index (χ0v) is 7.67. The summed E-state index contributed by atoms with van der Waals surface area (Å²) in [7, 11) is -2.97. The standard InChI is InChI=1S/C6H12N2O3S/c1-12(10,11)3-2-8-4-5(7)6(8)9/h5H,2-4,7H2,1H3. The minimum Gasteiger partial charge on any atom is -0.338 e. The molecule has 0 aliphatic carbocycles. The zero-order valence-electron chi connectivity index (χ0n) is 6.86. The number of nitrogens with zero attached hydrogens (tertiary/aromatic N) is 1. The fourth-order valence-corrected chi connectivity index (χ4v) is 1.56. The average molecular weight is 192 g/mol. The van der Waals surface area contributed by atoms with Gasteiger partial charge in [0.15, 0.2) is 0 Å². The van der Waals surface area contributed by atoms with Crippen molar-refractivity contribution >= 4 is 15.7 Å². The first-order valence-electron chi connectivity index (χ1n) is 3.62. The first kappa shape index (κ1) is 9.47. The Morgan fingerprint density at radius 1 is 1.67 bits per heavy atom. The third-order valence-corrected chi connectivity index (χ3v) is 2.70. The maximum Gasteiger partial charge on any atom is 0.241 e. The predicted octanol–water partition coefficient (Wildman–Crippen LogP) is -1.80. The summed E-state index contributed by atoms with van der Waals surface area (Å²) in [6.07, 6.45) is 1.15. The van der Waals surface area contributed by atoms with Gasteiger partial charge in [-0.3, -0.25) is 4.79 Å². The minimum absolute atomic E-state index is 0.0193. The lowest BCUT2D eigenvalue weighted by molar-refractivity contribution is -0.141. The van der Waals surface area contributed by atoms with Gasteiger partial charge in [0.1, 0.15) is 15.9 Å². The van der Waals surface area contributed by atoms with Crippen molar-refractivity contribution in [2.24, 2.45) is 5.73 Å². The summed E-state index contributed by atoms with van der Waals surface area (Å²) < 4.78 is 21.4. The molecule has 0 aromatic rings. The quantitative estimate of drug-likeness (QED) is 0.535. The lowest BCUT2D eigenvalue weighted by Gasteiger charge is -2.35.